The summed E-state index contributed by atoms with van der Waals surface area (Å²) < 4.78 is 6.90. The van der Waals surface area contributed by atoms with E-state index in [0.717, 1.165) is 53.1 Å². The Labute approximate surface area is 186 Å². The van der Waals surface area contributed by atoms with Crippen LogP contribution in [0.3, 0.4) is 0 Å². The molecule has 1 aliphatic rings. The molecule has 1 fully saturated rings. The van der Waals surface area contributed by atoms with E-state index in [2.05, 4.69) is 12.2 Å². The molecule has 1 aromatic heterocycles. The summed E-state index contributed by atoms with van der Waals surface area (Å²) in [5.41, 5.74) is 2.93. The van der Waals surface area contributed by atoms with E-state index >= 15 is 0 Å². The van der Waals surface area contributed by atoms with Crippen LogP contribution in [0.15, 0.2) is 29.3 Å². The van der Waals surface area contributed by atoms with Gasteiger partial charge in [-0.25, -0.2) is 0 Å². The Morgan fingerprint density at radius 1 is 1.26 bits per heavy atom. The molecule has 1 saturated heterocycles. The van der Waals surface area contributed by atoms with Gasteiger partial charge in [0.15, 0.2) is 0 Å². The van der Waals surface area contributed by atoms with E-state index in [4.69, 9.17) is 4.74 Å². The maximum absolute atomic E-state index is 12.7. The topological polar surface area (TPSA) is 80.6 Å². The van der Waals surface area contributed by atoms with Gasteiger partial charge in [-0.1, -0.05) is 38.5 Å². The van der Waals surface area contributed by atoms with Crippen molar-refractivity contribution < 1.29 is 19.1 Å². The highest BCUT2D eigenvalue weighted by Crippen LogP contribution is 2.35. The van der Waals surface area contributed by atoms with Gasteiger partial charge in [0.1, 0.15) is 6.54 Å². The molecule has 7 nitrogen and oxygen atoms in total. The normalized spacial score (nSPS) is 15.5. The zero-order chi connectivity index (χ0) is 22.4. The van der Waals surface area contributed by atoms with E-state index in [1.165, 1.54) is 4.90 Å². The van der Waals surface area contributed by atoms with Crippen LogP contribution in [0.1, 0.15) is 37.8 Å². The van der Waals surface area contributed by atoms with Crippen molar-refractivity contribution in [3.05, 3.63) is 40.4 Å². The van der Waals surface area contributed by atoms with Crippen LogP contribution in [0.4, 0.5) is 4.79 Å². The van der Waals surface area contributed by atoms with E-state index in [1.807, 2.05) is 35.9 Å². The van der Waals surface area contributed by atoms with Crippen molar-refractivity contribution in [2.45, 2.75) is 39.7 Å². The van der Waals surface area contributed by atoms with Crippen LogP contribution < -0.4 is 5.32 Å². The van der Waals surface area contributed by atoms with Crippen LogP contribution >= 0.6 is 11.8 Å². The summed E-state index contributed by atoms with van der Waals surface area (Å²) in [5, 5.41) is 3.59. The lowest BCUT2D eigenvalue weighted by Gasteiger charge is -2.10. The van der Waals surface area contributed by atoms with Crippen molar-refractivity contribution in [1.82, 2.24) is 14.8 Å². The Balaban J connectivity index is 1.94. The molecule has 1 aliphatic heterocycles. The molecule has 166 valence electrons. The average Bonchev–Trinajstić information content (AvgIpc) is 3.23. The molecule has 0 atom stereocenters. The number of aryl methyl sites for hydroxylation is 1. The van der Waals surface area contributed by atoms with Gasteiger partial charge in [-0.2, -0.15) is 0 Å². The third kappa shape index (κ3) is 5.19. The number of unbranched alkanes of at least 4 members (excludes halogenated alkanes) is 1. The van der Waals surface area contributed by atoms with Gasteiger partial charge in [-0.05, 0) is 36.2 Å². The number of para-hydroxylation sites is 1. The van der Waals surface area contributed by atoms with Crippen LogP contribution in [0.2, 0.25) is 0 Å². The zero-order valence-corrected chi connectivity index (χ0v) is 19.1. The summed E-state index contributed by atoms with van der Waals surface area (Å²) in [6, 6.07) is 6.01. The number of nitrogens with zero attached hydrogens (tertiary/aromatic N) is 2. The highest BCUT2D eigenvalue weighted by molar-refractivity contribution is 8.18. The average molecular weight is 444 g/mol. The number of hydrogen-bond donors (Lipinski definition) is 1. The third-order valence-corrected chi connectivity index (χ3v) is 6.14. The fraction of sp³-hybridized carbons (Fsp3) is 0.435. The van der Waals surface area contributed by atoms with Gasteiger partial charge in [0.05, 0.1) is 17.0 Å². The zero-order valence-electron chi connectivity index (χ0n) is 18.3. The molecule has 1 N–H and O–H groups in total. The number of ether oxygens (including phenoxy) is 1. The van der Waals surface area contributed by atoms with Crippen molar-refractivity contribution in [2.24, 2.45) is 0 Å². The van der Waals surface area contributed by atoms with Gasteiger partial charge in [0, 0.05) is 37.3 Å². The number of thioether (sulfide) groups is 1. The molecule has 0 bridgehead atoms. The molecule has 31 heavy (non-hydrogen) atoms. The van der Waals surface area contributed by atoms with Crippen LogP contribution in [-0.2, 0) is 27.3 Å². The predicted octanol–water partition coefficient (Wildman–Crippen LogP) is 3.80. The lowest BCUT2D eigenvalue weighted by Crippen LogP contribution is -2.30. The third-order valence-electron chi connectivity index (χ3n) is 5.23. The van der Waals surface area contributed by atoms with Crippen LogP contribution in [0.5, 0.6) is 0 Å². The highest BCUT2D eigenvalue weighted by Gasteiger charge is 2.34. The van der Waals surface area contributed by atoms with E-state index in [-0.39, 0.29) is 23.6 Å². The smallest absolute Gasteiger partial charge is 0.293 e. The number of methoxy groups -OCH3 is 1. The van der Waals surface area contributed by atoms with Gasteiger partial charge in [0.2, 0.25) is 5.91 Å². The molecule has 3 amide bonds. The summed E-state index contributed by atoms with van der Waals surface area (Å²) in [5.74, 6) is -0.348. The van der Waals surface area contributed by atoms with Crippen molar-refractivity contribution >= 4 is 45.8 Å². The van der Waals surface area contributed by atoms with Gasteiger partial charge in [0.25, 0.3) is 11.1 Å². The molecule has 0 aliphatic carbocycles. The van der Waals surface area contributed by atoms with Crippen molar-refractivity contribution in [3.8, 4) is 0 Å². The number of carbonyl (C=O) groups excluding carboxylic acids is 3. The fourth-order valence-corrected chi connectivity index (χ4v) is 4.50. The van der Waals surface area contributed by atoms with Crippen molar-refractivity contribution in [1.29, 1.82) is 0 Å². The number of amides is 3. The SMILES string of the molecule is CCCCN1C(=O)S/C(=C\c2cn(CC(=O)NCCOC)c3c(CC)cccc23)C1=O. The molecular formula is C23H29N3O4S. The van der Waals surface area contributed by atoms with Crippen LogP contribution in [0, 0.1) is 0 Å². The minimum absolute atomic E-state index is 0.105. The summed E-state index contributed by atoms with van der Waals surface area (Å²) in [6.07, 6.45) is 6.19. The maximum Gasteiger partial charge on any atom is 0.293 e. The largest absolute Gasteiger partial charge is 0.383 e. The van der Waals surface area contributed by atoms with Gasteiger partial charge < -0.3 is 14.6 Å². The van der Waals surface area contributed by atoms with Gasteiger partial charge >= 0.3 is 0 Å². The number of hydrogen-bond acceptors (Lipinski definition) is 5. The first-order valence-corrected chi connectivity index (χ1v) is 11.4. The molecule has 0 saturated carbocycles. The number of aromatic nitrogens is 1. The van der Waals surface area contributed by atoms with Crippen LogP contribution in [0.25, 0.3) is 17.0 Å². The molecule has 0 unspecified atom stereocenters. The number of imide groups is 1. The van der Waals surface area contributed by atoms with E-state index in [0.29, 0.717) is 24.6 Å². The molecule has 2 aromatic rings. The fourth-order valence-electron chi connectivity index (χ4n) is 3.64. The molecule has 0 spiro atoms. The second-order valence-electron chi connectivity index (χ2n) is 7.41. The Bertz CT molecular complexity index is 1010. The number of rotatable bonds is 10. The van der Waals surface area contributed by atoms with Crippen molar-refractivity contribution in [3.63, 3.8) is 0 Å². The van der Waals surface area contributed by atoms with Crippen LogP contribution in [-0.4, -0.2) is 53.3 Å². The Morgan fingerprint density at radius 3 is 2.77 bits per heavy atom. The first kappa shape index (κ1) is 23.1. The van der Waals surface area contributed by atoms with E-state index in [9.17, 15) is 14.4 Å². The molecular weight excluding hydrogens is 414 g/mol. The number of fused-ring (bicyclic) bond motifs is 1. The standard InChI is InChI=1S/C23H29N3O4S/c1-4-6-11-26-22(28)19(31-23(26)29)13-17-14-25(15-20(27)24-10-12-30-3)21-16(5-2)8-7-9-18(17)21/h7-9,13-14H,4-6,10-12,15H2,1-3H3,(H,24,27)/b19-13-. The summed E-state index contributed by atoms with van der Waals surface area (Å²) in [7, 11) is 1.59. The minimum atomic E-state index is -0.242. The second-order valence-corrected chi connectivity index (χ2v) is 8.40. The molecule has 2 heterocycles. The molecule has 0 radical (unpaired) electrons. The summed E-state index contributed by atoms with van der Waals surface area (Å²) in [4.78, 5) is 39.2. The predicted molar refractivity (Wildman–Crippen MR) is 124 cm³/mol. The monoisotopic (exact) mass is 443 g/mol. The number of benzene rings is 1. The number of carbonyl (C=O) groups is 3. The summed E-state index contributed by atoms with van der Waals surface area (Å²) >= 11 is 0.978. The molecule has 3 rings (SSSR count). The Kier molecular flexibility index (Phi) is 7.92. The summed E-state index contributed by atoms with van der Waals surface area (Å²) in [6.45, 7) is 5.62. The maximum atomic E-state index is 12.7. The Hall–Kier alpha value is -2.58. The van der Waals surface area contributed by atoms with Crippen molar-refractivity contribution in [2.75, 3.05) is 26.8 Å². The highest BCUT2D eigenvalue weighted by atomic mass is 32.2. The lowest BCUT2D eigenvalue weighted by molar-refractivity contribution is -0.123. The minimum Gasteiger partial charge on any atom is -0.383 e. The second kappa shape index (κ2) is 10.6. The lowest BCUT2D eigenvalue weighted by atomic mass is 10.1. The molecule has 1 aromatic carbocycles. The Morgan fingerprint density at radius 2 is 2.06 bits per heavy atom. The van der Waals surface area contributed by atoms with E-state index in [1.54, 1.807) is 13.2 Å². The van der Waals surface area contributed by atoms with Gasteiger partial charge in [-0.15, -0.1) is 0 Å². The first-order chi connectivity index (χ1) is 15.0. The quantitative estimate of drug-likeness (QED) is 0.446. The first-order valence-electron chi connectivity index (χ1n) is 10.6. The van der Waals surface area contributed by atoms with Gasteiger partial charge in [-0.3, -0.25) is 19.3 Å². The number of nitrogens with one attached hydrogen (secondary N) is 1. The van der Waals surface area contributed by atoms with E-state index < -0.39 is 0 Å². The molecule has 8 heteroatoms.